The van der Waals surface area contributed by atoms with Crippen LogP contribution in [0.4, 0.5) is 10.7 Å². The van der Waals surface area contributed by atoms with Gasteiger partial charge in [-0.3, -0.25) is 19.6 Å². The van der Waals surface area contributed by atoms with E-state index in [4.69, 9.17) is 0 Å². The number of rotatable bonds is 3. The quantitative estimate of drug-likeness (QED) is 0.684. The number of anilines is 1. The monoisotopic (exact) mass is 331 g/mol. The zero-order valence-electron chi connectivity index (χ0n) is 12.5. The van der Waals surface area contributed by atoms with Crippen LogP contribution in [0.25, 0.3) is 0 Å². The number of hydrogen-bond donors (Lipinski definition) is 1. The Hall–Kier alpha value is -2.73. The first kappa shape index (κ1) is 15.2. The standard InChI is InChI=1S/C14H13N5O3S/c1-7-11(19(21)22)12(18(2)17-7)13(20)16-14-9(6-15)8-4-3-5-10(8)23-14/h3-5H2,1-2H3,(H,16,20). The lowest BCUT2D eigenvalue weighted by Crippen LogP contribution is -2.17. The molecule has 2 aromatic heterocycles. The number of aromatic nitrogens is 2. The zero-order valence-corrected chi connectivity index (χ0v) is 13.4. The first-order valence-corrected chi connectivity index (χ1v) is 7.79. The smallest absolute Gasteiger partial charge is 0.311 e. The lowest BCUT2D eigenvalue weighted by molar-refractivity contribution is -0.385. The lowest BCUT2D eigenvalue weighted by atomic mass is 10.1. The molecule has 1 aliphatic rings. The van der Waals surface area contributed by atoms with E-state index in [2.05, 4.69) is 16.5 Å². The van der Waals surface area contributed by atoms with Crippen molar-refractivity contribution < 1.29 is 9.72 Å². The Morgan fingerprint density at radius 3 is 2.91 bits per heavy atom. The van der Waals surface area contributed by atoms with E-state index in [1.165, 1.54) is 30.0 Å². The molecule has 0 unspecified atom stereocenters. The van der Waals surface area contributed by atoms with Gasteiger partial charge in [0.2, 0.25) is 5.69 Å². The summed E-state index contributed by atoms with van der Waals surface area (Å²) in [4.78, 5) is 24.2. The number of amides is 1. The number of fused-ring (bicyclic) bond motifs is 1. The molecule has 2 heterocycles. The number of nitriles is 1. The molecule has 0 bridgehead atoms. The van der Waals surface area contributed by atoms with Crippen LogP contribution in [0.5, 0.6) is 0 Å². The highest BCUT2D eigenvalue weighted by atomic mass is 32.1. The van der Waals surface area contributed by atoms with Crippen LogP contribution >= 0.6 is 11.3 Å². The maximum Gasteiger partial charge on any atom is 0.322 e. The highest BCUT2D eigenvalue weighted by Gasteiger charge is 2.31. The second-order valence-corrected chi connectivity index (χ2v) is 6.40. The molecule has 1 amide bonds. The molecule has 2 aromatic rings. The molecule has 23 heavy (non-hydrogen) atoms. The van der Waals surface area contributed by atoms with Crippen molar-refractivity contribution in [3.8, 4) is 6.07 Å². The van der Waals surface area contributed by atoms with E-state index in [9.17, 15) is 20.2 Å². The summed E-state index contributed by atoms with van der Waals surface area (Å²) in [6.45, 7) is 1.48. The van der Waals surface area contributed by atoms with Gasteiger partial charge in [0.25, 0.3) is 5.91 Å². The number of aryl methyl sites for hydroxylation is 3. The molecular weight excluding hydrogens is 318 g/mol. The van der Waals surface area contributed by atoms with Crippen LogP contribution < -0.4 is 5.32 Å². The molecule has 0 radical (unpaired) electrons. The van der Waals surface area contributed by atoms with Gasteiger partial charge in [-0.2, -0.15) is 10.4 Å². The molecular formula is C14H13N5O3S. The predicted octanol–water partition coefficient (Wildman–Crippen LogP) is 2.31. The molecule has 1 aliphatic carbocycles. The summed E-state index contributed by atoms with van der Waals surface area (Å²) in [5.74, 6) is -0.628. The summed E-state index contributed by atoms with van der Waals surface area (Å²) in [5.41, 5.74) is 1.20. The summed E-state index contributed by atoms with van der Waals surface area (Å²) >= 11 is 1.37. The molecule has 118 valence electrons. The van der Waals surface area contributed by atoms with Crippen LogP contribution in [0.1, 0.15) is 38.6 Å². The third-order valence-corrected chi connectivity index (χ3v) is 5.06. The summed E-state index contributed by atoms with van der Waals surface area (Å²) in [5, 5.41) is 27.6. The molecule has 0 atom stereocenters. The van der Waals surface area contributed by atoms with Crippen molar-refractivity contribution in [1.29, 1.82) is 5.26 Å². The van der Waals surface area contributed by atoms with Crippen LogP contribution in [0.2, 0.25) is 0 Å². The van der Waals surface area contributed by atoms with Crippen LogP contribution in [0.3, 0.4) is 0 Å². The van der Waals surface area contributed by atoms with Gasteiger partial charge in [0.15, 0.2) is 0 Å². The van der Waals surface area contributed by atoms with Crippen molar-refractivity contribution in [3.05, 3.63) is 37.5 Å². The van der Waals surface area contributed by atoms with E-state index in [1.54, 1.807) is 0 Å². The molecule has 0 fully saturated rings. The number of carbonyl (C=O) groups is 1. The molecule has 0 saturated heterocycles. The Morgan fingerprint density at radius 2 is 2.26 bits per heavy atom. The van der Waals surface area contributed by atoms with Gasteiger partial charge in [0.1, 0.15) is 16.8 Å². The van der Waals surface area contributed by atoms with Crippen LogP contribution in [0.15, 0.2) is 0 Å². The lowest BCUT2D eigenvalue weighted by Gasteiger charge is -2.04. The third kappa shape index (κ3) is 2.37. The molecule has 0 saturated carbocycles. The van der Waals surface area contributed by atoms with Gasteiger partial charge in [-0.05, 0) is 31.7 Å². The van der Waals surface area contributed by atoms with Crippen molar-refractivity contribution in [1.82, 2.24) is 9.78 Å². The molecule has 8 nitrogen and oxygen atoms in total. The molecule has 1 N–H and O–H groups in total. The predicted molar refractivity (Wildman–Crippen MR) is 83.6 cm³/mol. The van der Waals surface area contributed by atoms with Gasteiger partial charge in [0.05, 0.1) is 10.5 Å². The van der Waals surface area contributed by atoms with Crippen LogP contribution in [-0.4, -0.2) is 20.6 Å². The third-order valence-electron chi connectivity index (χ3n) is 3.85. The van der Waals surface area contributed by atoms with Gasteiger partial charge < -0.3 is 5.32 Å². The Bertz CT molecular complexity index is 874. The summed E-state index contributed by atoms with van der Waals surface area (Å²) < 4.78 is 1.19. The Kier molecular flexibility index (Phi) is 3.61. The van der Waals surface area contributed by atoms with Crippen molar-refractivity contribution >= 4 is 27.9 Å². The largest absolute Gasteiger partial charge is 0.322 e. The average molecular weight is 331 g/mol. The second kappa shape index (κ2) is 5.48. The highest BCUT2D eigenvalue weighted by Crippen LogP contribution is 2.39. The van der Waals surface area contributed by atoms with E-state index in [1.807, 2.05) is 0 Å². The van der Waals surface area contributed by atoms with E-state index >= 15 is 0 Å². The van der Waals surface area contributed by atoms with Crippen molar-refractivity contribution in [3.63, 3.8) is 0 Å². The summed E-state index contributed by atoms with van der Waals surface area (Å²) in [6, 6.07) is 2.13. The molecule has 0 aliphatic heterocycles. The first-order chi connectivity index (χ1) is 10.9. The minimum Gasteiger partial charge on any atom is -0.311 e. The first-order valence-electron chi connectivity index (χ1n) is 6.98. The van der Waals surface area contributed by atoms with Gasteiger partial charge in [-0.25, -0.2) is 0 Å². The molecule has 3 rings (SSSR count). The van der Waals surface area contributed by atoms with Gasteiger partial charge >= 0.3 is 5.69 Å². The van der Waals surface area contributed by atoms with E-state index in [0.717, 1.165) is 29.7 Å². The normalized spacial score (nSPS) is 12.7. The maximum absolute atomic E-state index is 12.5. The number of carbonyl (C=O) groups excluding carboxylic acids is 1. The number of thiophene rings is 1. The molecule has 0 aromatic carbocycles. The summed E-state index contributed by atoms with van der Waals surface area (Å²) in [7, 11) is 1.48. The minimum atomic E-state index is -0.628. The highest BCUT2D eigenvalue weighted by molar-refractivity contribution is 7.16. The van der Waals surface area contributed by atoms with Gasteiger partial charge in [-0.1, -0.05) is 0 Å². The van der Waals surface area contributed by atoms with Crippen molar-refractivity contribution in [2.24, 2.45) is 7.05 Å². The topological polar surface area (TPSA) is 114 Å². The number of nitro groups is 1. The number of hydrogen-bond acceptors (Lipinski definition) is 6. The fourth-order valence-corrected chi connectivity index (χ4v) is 4.13. The molecule has 0 spiro atoms. The van der Waals surface area contributed by atoms with E-state index in [-0.39, 0.29) is 17.1 Å². The summed E-state index contributed by atoms with van der Waals surface area (Å²) in [6.07, 6.45) is 2.74. The SMILES string of the molecule is Cc1nn(C)c(C(=O)Nc2sc3c(c2C#N)CCC3)c1[N+](=O)[O-]. The Labute approximate surface area is 135 Å². The zero-order chi connectivity index (χ0) is 16.7. The molecule has 9 heteroatoms. The van der Waals surface area contributed by atoms with E-state index < -0.39 is 10.8 Å². The number of nitrogens with zero attached hydrogens (tertiary/aromatic N) is 4. The number of nitrogens with one attached hydrogen (secondary N) is 1. The maximum atomic E-state index is 12.5. The van der Waals surface area contributed by atoms with Crippen molar-refractivity contribution in [2.75, 3.05) is 5.32 Å². The van der Waals surface area contributed by atoms with E-state index in [0.29, 0.717) is 10.6 Å². The van der Waals surface area contributed by atoms with Crippen LogP contribution in [0, 0.1) is 28.4 Å². The second-order valence-electron chi connectivity index (χ2n) is 5.29. The van der Waals surface area contributed by atoms with Crippen molar-refractivity contribution in [2.45, 2.75) is 26.2 Å². The van der Waals surface area contributed by atoms with Gasteiger partial charge in [-0.15, -0.1) is 11.3 Å². The van der Waals surface area contributed by atoms with Crippen LogP contribution in [-0.2, 0) is 19.9 Å². The Balaban J connectivity index is 1.98. The fourth-order valence-electron chi connectivity index (χ4n) is 2.89. The van der Waals surface area contributed by atoms with Gasteiger partial charge in [0, 0.05) is 11.9 Å². The minimum absolute atomic E-state index is 0.120. The Morgan fingerprint density at radius 1 is 1.52 bits per heavy atom. The average Bonchev–Trinajstić information content (AvgIpc) is 3.10. The fraction of sp³-hybridized carbons (Fsp3) is 0.357.